The molecule has 126 valence electrons. The summed E-state index contributed by atoms with van der Waals surface area (Å²) in [6.45, 7) is 16.9. The molecular weight excluding hydrogens is 298 g/mol. The minimum Gasteiger partial charge on any atom is -0.462 e. The second kappa shape index (κ2) is 7.92. The molecule has 0 atom stereocenters. The summed E-state index contributed by atoms with van der Waals surface area (Å²) in [6.07, 6.45) is 0. The van der Waals surface area contributed by atoms with Crippen LogP contribution < -0.4 is 10.2 Å². The van der Waals surface area contributed by atoms with Gasteiger partial charge in [0.25, 0.3) is 6.47 Å². The third kappa shape index (κ3) is 6.75. The Morgan fingerprint density at radius 1 is 1.23 bits per heavy atom. The first kappa shape index (κ1) is 18.9. The van der Waals surface area contributed by atoms with E-state index in [1.807, 2.05) is 20.8 Å². The Hall–Kier alpha value is -1.14. The molecular formula is C16H29N3O2S. The van der Waals surface area contributed by atoms with Gasteiger partial charge in [-0.05, 0) is 20.8 Å². The van der Waals surface area contributed by atoms with Crippen molar-refractivity contribution >= 4 is 22.9 Å². The third-order valence-electron chi connectivity index (χ3n) is 3.05. The van der Waals surface area contributed by atoms with Crippen molar-refractivity contribution in [1.29, 1.82) is 0 Å². The van der Waals surface area contributed by atoms with Crippen molar-refractivity contribution in [2.24, 2.45) is 0 Å². The van der Waals surface area contributed by atoms with Crippen LogP contribution in [0.15, 0.2) is 5.38 Å². The van der Waals surface area contributed by atoms with E-state index >= 15 is 0 Å². The van der Waals surface area contributed by atoms with Crippen LogP contribution in [0.4, 0.5) is 5.13 Å². The van der Waals surface area contributed by atoms with Gasteiger partial charge in [-0.25, -0.2) is 4.98 Å². The first-order valence-electron chi connectivity index (χ1n) is 7.66. The van der Waals surface area contributed by atoms with Crippen LogP contribution in [0, 0.1) is 0 Å². The van der Waals surface area contributed by atoms with Gasteiger partial charge in [0, 0.05) is 37.0 Å². The van der Waals surface area contributed by atoms with E-state index in [0.29, 0.717) is 6.47 Å². The van der Waals surface area contributed by atoms with Crippen molar-refractivity contribution in [3.05, 3.63) is 11.1 Å². The maximum Gasteiger partial charge on any atom is 0.293 e. The molecule has 0 spiro atoms. The lowest BCUT2D eigenvalue weighted by Crippen LogP contribution is -2.43. The lowest BCUT2D eigenvalue weighted by atomic mass is 9.93. The molecule has 1 fully saturated rings. The highest BCUT2D eigenvalue weighted by atomic mass is 32.1. The predicted molar refractivity (Wildman–Crippen MR) is 92.8 cm³/mol. The summed E-state index contributed by atoms with van der Waals surface area (Å²) < 4.78 is 4.55. The van der Waals surface area contributed by atoms with Gasteiger partial charge in [-0.3, -0.25) is 4.79 Å². The standard InChI is InChI=1S/C11H19N3S.C5H10O2/c1-11(2,3)9-8-15-10(13-9)14-6-4-12-5-7-14;1-5(2,3)7-4-6/h8,12H,4-7H2,1-3H3;4H,1-3H3. The van der Waals surface area contributed by atoms with Crippen molar-refractivity contribution in [1.82, 2.24) is 10.3 Å². The number of carbonyl (C=O) groups is 1. The number of hydrogen-bond donors (Lipinski definition) is 1. The highest BCUT2D eigenvalue weighted by molar-refractivity contribution is 7.13. The van der Waals surface area contributed by atoms with E-state index in [1.165, 1.54) is 10.8 Å². The molecule has 1 aromatic rings. The normalized spacial score (nSPS) is 15.8. The quantitative estimate of drug-likeness (QED) is 0.847. The fraction of sp³-hybridized carbons (Fsp3) is 0.750. The predicted octanol–water partition coefficient (Wildman–Crippen LogP) is 2.81. The molecule has 0 bridgehead atoms. The number of nitrogens with one attached hydrogen (secondary N) is 1. The Balaban J connectivity index is 0.000000295. The topological polar surface area (TPSA) is 54.5 Å². The summed E-state index contributed by atoms with van der Waals surface area (Å²) in [5, 5.41) is 6.73. The number of piperazine rings is 1. The van der Waals surface area contributed by atoms with E-state index in [1.54, 1.807) is 11.3 Å². The number of hydrogen-bond acceptors (Lipinski definition) is 6. The van der Waals surface area contributed by atoms with Gasteiger partial charge in [-0.15, -0.1) is 11.3 Å². The van der Waals surface area contributed by atoms with Gasteiger partial charge in [0.15, 0.2) is 5.13 Å². The van der Waals surface area contributed by atoms with Crippen LogP contribution >= 0.6 is 11.3 Å². The van der Waals surface area contributed by atoms with Crippen molar-refractivity contribution in [3.8, 4) is 0 Å². The summed E-state index contributed by atoms with van der Waals surface area (Å²) in [6, 6.07) is 0. The zero-order chi connectivity index (χ0) is 16.8. The lowest BCUT2D eigenvalue weighted by Gasteiger charge is -2.26. The monoisotopic (exact) mass is 327 g/mol. The minimum atomic E-state index is -0.318. The number of nitrogens with zero attached hydrogens (tertiary/aromatic N) is 2. The zero-order valence-electron chi connectivity index (χ0n) is 14.6. The zero-order valence-corrected chi connectivity index (χ0v) is 15.4. The fourth-order valence-electron chi connectivity index (χ4n) is 1.75. The Bertz CT molecular complexity index is 455. The van der Waals surface area contributed by atoms with Crippen molar-refractivity contribution in [2.45, 2.75) is 52.6 Å². The van der Waals surface area contributed by atoms with Crippen LogP contribution in [0.5, 0.6) is 0 Å². The number of aromatic nitrogens is 1. The molecule has 0 radical (unpaired) electrons. The highest BCUT2D eigenvalue weighted by Crippen LogP contribution is 2.28. The Labute approximate surface area is 138 Å². The van der Waals surface area contributed by atoms with Crippen LogP contribution in [-0.2, 0) is 14.9 Å². The van der Waals surface area contributed by atoms with E-state index in [9.17, 15) is 4.79 Å². The molecule has 0 saturated carbocycles. The number of ether oxygens (including phenoxy) is 1. The van der Waals surface area contributed by atoms with Gasteiger partial charge in [-0.2, -0.15) is 0 Å². The number of carbonyl (C=O) groups excluding carboxylic acids is 1. The third-order valence-corrected chi connectivity index (χ3v) is 3.95. The lowest BCUT2D eigenvalue weighted by molar-refractivity contribution is -0.138. The van der Waals surface area contributed by atoms with E-state index in [0.717, 1.165) is 26.2 Å². The van der Waals surface area contributed by atoms with E-state index in [-0.39, 0.29) is 11.0 Å². The van der Waals surface area contributed by atoms with Crippen LogP contribution in [0.3, 0.4) is 0 Å². The largest absolute Gasteiger partial charge is 0.462 e. The molecule has 0 aromatic carbocycles. The molecule has 0 aliphatic carbocycles. The highest BCUT2D eigenvalue weighted by Gasteiger charge is 2.20. The van der Waals surface area contributed by atoms with Gasteiger partial charge in [0.2, 0.25) is 0 Å². The second-order valence-corrected chi connectivity index (χ2v) is 8.17. The van der Waals surface area contributed by atoms with E-state index in [2.05, 4.69) is 41.1 Å². The maximum atomic E-state index is 9.60. The van der Waals surface area contributed by atoms with Crippen LogP contribution in [0.2, 0.25) is 0 Å². The number of rotatable bonds is 2. The van der Waals surface area contributed by atoms with Gasteiger partial charge >= 0.3 is 0 Å². The molecule has 22 heavy (non-hydrogen) atoms. The van der Waals surface area contributed by atoms with E-state index in [4.69, 9.17) is 4.98 Å². The average Bonchev–Trinajstić information content (AvgIpc) is 2.88. The Morgan fingerprint density at radius 3 is 2.18 bits per heavy atom. The molecule has 1 aliphatic heterocycles. The summed E-state index contributed by atoms with van der Waals surface area (Å²) in [7, 11) is 0. The summed E-state index contributed by atoms with van der Waals surface area (Å²) in [5.41, 5.74) is 1.06. The molecule has 1 saturated heterocycles. The smallest absolute Gasteiger partial charge is 0.293 e. The minimum absolute atomic E-state index is 0.169. The van der Waals surface area contributed by atoms with Gasteiger partial charge < -0.3 is 15.0 Å². The molecule has 1 aromatic heterocycles. The molecule has 0 amide bonds. The summed E-state index contributed by atoms with van der Waals surface area (Å²) in [5.74, 6) is 0. The van der Waals surface area contributed by atoms with Gasteiger partial charge in [0.05, 0.1) is 5.69 Å². The fourth-order valence-corrected chi connectivity index (χ4v) is 2.86. The van der Waals surface area contributed by atoms with Crippen LogP contribution in [-0.4, -0.2) is 43.2 Å². The first-order valence-corrected chi connectivity index (χ1v) is 8.54. The maximum absolute atomic E-state index is 9.60. The van der Waals surface area contributed by atoms with Crippen molar-refractivity contribution in [2.75, 3.05) is 31.1 Å². The van der Waals surface area contributed by atoms with E-state index < -0.39 is 0 Å². The molecule has 1 N–H and O–H groups in total. The summed E-state index contributed by atoms with van der Waals surface area (Å²) >= 11 is 1.77. The van der Waals surface area contributed by atoms with Crippen LogP contribution in [0.1, 0.15) is 47.2 Å². The summed E-state index contributed by atoms with van der Waals surface area (Å²) in [4.78, 5) is 16.7. The molecule has 1 aliphatic rings. The van der Waals surface area contributed by atoms with Crippen LogP contribution in [0.25, 0.3) is 0 Å². The van der Waals surface area contributed by atoms with Crippen molar-refractivity contribution in [3.63, 3.8) is 0 Å². The first-order chi connectivity index (χ1) is 10.1. The molecule has 0 unspecified atom stereocenters. The molecule has 6 heteroatoms. The Morgan fingerprint density at radius 2 is 1.82 bits per heavy atom. The van der Waals surface area contributed by atoms with Gasteiger partial charge in [-0.1, -0.05) is 20.8 Å². The van der Waals surface area contributed by atoms with Gasteiger partial charge in [0.1, 0.15) is 5.60 Å². The number of anilines is 1. The average molecular weight is 327 g/mol. The second-order valence-electron chi connectivity index (χ2n) is 7.33. The van der Waals surface area contributed by atoms with Crippen molar-refractivity contribution < 1.29 is 9.53 Å². The SMILES string of the molecule is CC(C)(C)OC=O.CC(C)(C)c1csc(N2CCNCC2)n1. The molecule has 5 nitrogen and oxygen atoms in total. The number of thiazole rings is 1. The Kier molecular flexibility index (Phi) is 6.81. The molecule has 2 heterocycles. The molecule has 2 rings (SSSR count).